The molecule has 1 aliphatic rings. The number of aromatic nitrogens is 1. The Hall–Kier alpha value is -3.79. The van der Waals surface area contributed by atoms with E-state index in [2.05, 4.69) is 4.98 Å². The summed E-state index contributed by atoms with van der Waals surface area (Å²) in [6, 6.07) is 12.7. The number of phenols is 1. The summed E-state index contributed by atoms with van der Waals surface area (Å²) in [7, 11) is 0. The average molecular weight is 349 g/mol. The number of fused-ring (bicyclic) bond motifs is 2. The molecule has 4 rings (SSSR count). The molecule has 0 bridgehead atoms. The number of phenolic OH excluding ortho intramolecular Hbond substituents is 1. The quantitative estimate of drug-likeness (QED) is 0.488. The van der Waals surface area contributed by atoms with Crippen molar-refractivity contribution in [2.45, 2.75) is 5.92 Å². The van der Waals surface area contributed by atoms with Gasteiger partial charge in [0.15, 0.2) is 5.56 Å². The molecular formula is C19H14FN4O2+. The molecule has 7 heteroatoms. The number of halogens is 1. The molecule has 26 heavy (non-hydrogen) atoms. The van der Waals surface area contributed by atoms with Crippen molar-refractivity contribution in [1.29, 1.82) is 5.26 Å². The lowest BCUT2D eigenvalue weighted by Crippen LogP contribution is -2.25. The van der Waals surface area contributed by atoms with Crippen LogP contribution in [-0.2, 0) is 0 Å². The van der Waals surface area contributed by atoms with Gasteiger partial charge in [0.1, 0.15) is 23.4 Å². The Labute approximate surface area is 148 Å². The number of benzene rings is 2. The maximum absolute atomic E-state index is 13.4. The number of nitrogens with zero attached hydrogens (tertiary/aromatic N) is 1. The van der Waals surface area contributed by atoms with Crippen LogP contribution in [0.1, 0.15) is 28.2 Å². The van der Waals surface area contributed by atoms with E-state index >= 15 is 0 Å². The number of pyridine rings is 1. The number of hydrogen-bond donors (Lipinski definition) is 3. The number of anilines is 2. The van der Waals surface area contributed by atoms with Gasteiger partial charge in [0, 0.05) is 17.5 Å². The highest BCUT2D eigenvalue weighted by atomic mass is 19.1. The van der Waals surface area contributed by atoms with E-state index in [1.165, 1.54) is 24.3 Å². The van der Waals surface area contributed by atoms with Gasteiger partial charge in [0.05, 0.1) is 11.3 Å². The number of nitrogen functional groups attached to an aromatic ring is 2. The minimum atomic E-state index is -0.418. The molecule has 0 unspecified atom stereocenters. The summed E-state index contributed by atoms with van der Waals surface area (Å²) in [5, 5.41) is 19.2. The zero-order chi connectivity index (χ0) is 18.4. The van der Waals surface area contributed by atoms with Crippen LogP contribution < -0.4 is 21.2 Å². The lowest BCUT2D eigenvalue weighted by atomic mass is 9.82. The number of nitriles is 1. The van der Waals surface area contributed by atoms with Gasteiger partial charge in [-0.3, -0.25) is 5.73 Å². The fourth-order valence-corrected chi connectivity index (χ4v) is 3.26. The van der Waals surface area contributed by atoms with Gasteiger partial charge in [-0.2, -0.15) is 5.26 Å². The van der Waals surface area contributed by atoms with E-state index in [0.717, 1.165) is 11.1 Å². The summed E-state index contributed by atoms with van der Waals surface area (Å²) in [4.78, 5) is 2.86. The predicted octanol–water partition coefficient (Wildman–Crippen LogP) is 2.67. The van der Waals surface area contributed by atoms with Crippen molar-refractivity contribution in [1.82, 2.24) is 0 Å². The Morgan fingerprint density at radius 1 is 1.15 bits per heavy atom. The zero-order valence-electron chi connectivity index (χ0n) is 13.5. The minimum absolute atomic E-state index is 0.0413. The summed E-state index contributed by atoms with van der Waals surface area (Å²) in [5.74, 6) is 0.0586. The summed E-state index contributed by atoms with van der Waals surface area (Å²) in [5.41, 5.74) is 14.5. The second-order valence-electron chi connectivity index (χ2n) is 5.99. The summed E-state index contributed by atoms with van der Waals surface area (Å²) >= 11 is 0. The average Bonchev–Trinajstić information content (AvgIpc) is 2.61. The third-order valence-electron chi connectivity index (χ3n) is 4.45. The molecule has 2 aromatic carbocycles. The molecule has 0 radical (unpaired) electrons. The number of aromatic amines is 1. The van der Waals surface area contributed by atoms with Crippen molar-refractivity contribution < 1.29 is 19.2 Å². The highest BCUT2D eigenvalue weighted by Gasteiger charge is 2.35. The number of ether oxygens (including phenoxy) is 1. The molecule has 0 saturated heterocycles. The van der Waals surface area contributed by atoms with Crippen LogP contribution >= 0.6 is 0 Å². The molecular weight excluding hydrogens is 335 g/mol. The monoisotopic (exact) mass is 349 g/mol. The highest BCUT2D eigenvalue weighted by Crippen LogP contribution is 2.49. The smallest absolute Gasteiger partial charge is 0.294 e. The Balaban J connectivity index is 2.04. The molecule has 0 amide bonds. The fraction of sp³-hybridized carbons (Fsp3) is 0.0526. The first kappa shape index (κ1) is 15.7. The first-order valence-electron chi connectivity index (χ1n) is 7.80. The van der Waals surface area contributed by atoms with Crippen molar-refractivity contribution in [2.75, 3.05) is 11.5 Å². The lowest BCUT2D eigenvalue weighted by molar-refractivity contribution is -0.375. The molecule has 3 aromatic rings. The summed E-state index contributed by atoms with van der Waals surface area (Å²) in [6.45, 7) is 0. The third kappa shape index (κ3) is 2.28. The van der Waals surface area contributed by atoms with E-state index < -0.39 is 5.92 Å². The van der Waals surface area contributed by atoms with Crippen LogP contribution in [0.15, 0.2) is 42.5 Å². The Morgan fingerprint density at radius 2 is 1.88 bits per heavy atom. The molecule has 0 aliphatic carbocycles. The van der Waals surface area contributed by atoms with Gasteiger partial charge in [-0.1, -0.05) is 18.2 Å². The van der Waals surface area contributed by atoms with Gasteiger partial charge in [-0.25, -0.2) is 9.37 Å². The molecule has 6 nitrogen and oxygen atoms in total. The molecule has 0 saturated carbocycles. The molecule has 6 N–H and O–H groups in total. The van der Waals surface area contributed by atoms with Crippen LogP contribution in [0.2, 0.25) is 0 Å². The van der Waals surface area contributed by atoms with E-state index in [1.54, 1.807) is 18.2 Å². The normalized spacial score (nSPS) is 14.7. The molecule has 128 valence electrons. The zero-order valence-corrected chi connectivity index (χ0v) is 13.5. The standard InChI is InChI=1S/C19H13FN4O2/c20-10-3-1-9(2-4-10)15-12-6-5-11(25)7-14(12)26-19-16(15)17(22)13(8-21)18(23)24-19/h1-7,15,25H,(H4,22,23,24)/p+1/t15-/m0/s1. The van der Waals surface area contributed by atoms with Gasteiger partial charge in [-0.15, -0.1) is 0 Å². The van der Waals surface area contributed by atoms with Crippen LogP contribution in [0.4, 0.5) is 15.9 Å². The SMILES string of the molecule is N#Cc1c(N)[nH+]c2c(c1N)[C@@H](c1ccc(F)cc1)c1ccc(O)cc1O2. The predicted molar refractivity (Wildman–Crippen MR) is 92.1 cm³/mol. The highest BCUT2D eigenvalue weighted by molar-refractivity contribution is 5.73. The van der Waals surface area contributed by atoms with Crippen molar-refractivity contribution in [3.05, 3.63) is 70.5 Å². The van der Waals surface area contributed by atoms with Crippen LogP contribution in [0.25, 0.3) is 0 Å². The molecule has 1 aliphatic heterocycles. The maximum atomic E-state index is 13.4. The van der Waals surface area contributed by atoms with Crippen molar-refractivity contribution in [3.8, 4) is 23.4 Å². The number of nitrogens with two attached hydrogens (primary N) is 2. The third-order valence-corrected chi connectivity index (χ3v) is 4.45. The van der Waals surface area contributed by atoms with Gasteiger partial charge < -0.3 is 15.6 Å². The van der Waals surface area contributed by atoms with Crippen LogP contribution in [0, 0.1) is 17.1 Å². The summed E-state index contributed by atoms with van der Waals surface area (Å²) < 4.78 is 19.2. The first-order valence-corrected chi connectivity index (χ1v) is 7.80. The number of hydrogen-bond acceptors (Lipinski definition) is 5. The van der Waals surface area contributed by atoms with Crippen molar-refractivity contribution >= 4 is 11.5 Å². The van der Waals surface area contributed by atoms with E-state index in [4.69, 9.17) is 16.2 Å². The first-order chi connectivity index (χ1) is 12.5. The van der Waals surface area contributed by atoms with Crippen LogP contribution in [0.3, 0.4) is 0 Å². The Kier molecular flexibility index (Phi) is 3.41. The van der Waals surface area contributed by atoms with E-state index in [1.807, 2.05) is 6.07 Å². The Bertz CT molecular complexity index is 1070. The van der Waals surface area contributed by atoms with Gasteiger partial charge in [0.25, 0.3) is 11.7 Å². The minimum Gasteiger partial charge on any atom is -0.508 e. The fourth-order valence-electron chi connectivity index (χ4n) is 3.26. The topological polar surface area (TPSA) is 119 Å². The van der Waals surface area contributed by atoms with Crippen LogP contribution in [-0.4, -0.2) is 5.11 Å². The number of aromatic hydroxyl groups is 1. The van der Waals surface area contributed by atoms with Gasteiger partial charge >= 0.3 is 0 Å². The van der Waals surface area contributed by atoms with E-state index in [9.17, 15) is 14.8 Å². The van der Waals surface area contributed by atoms with Crippen LogP contribution in [0.5, 0.6) is 17.4 Å². The van der Waals surface area contributed by atoms with E-state index in [-0.39, 0.29) is 34.5 Å². The second kappa shape index (κ2) is 5.63. The van der Waals surface area contributed by atoms with Crippen molar-refractivity contribution in [3.63, 3.8) is 0 Å². The molecule has 1 atom stereocenters. The number of nitrogens with one attached hydrogen (secondary N) is 1. The second-order valence-corrected chi connectivity index (χ2v) is 5.99. The van der Waals surface area contributed by atoms with Gasteiger partial charge in [-0.05, 0) is 23.8 Å². The molecule has 0 fully saturated rings. The largest absolute Gasteiger partial charge is 0.508 e. The maximum Gasteiger partial charge on any atom is 0.294 e. The molecule has 2 heterocycles. The number of rotatable bonds is 1. The van der Waals surface area contributed by atoms with Gasteiger partial charge in [0.2, 0.25) is 0 Å². The molecule has 0 spiro atoms. The summed E-state index contributed by atoms with van der Waals surface area (Å²) in [6.07, 6.45) is 0. The van der Waals surface area contributed by atoms with E-state index in [0.29, 0.717) is 11.3 Å². The molecule has 1 aromatic heterocycles. The van der Waals surface area contributed by atoms with Crippen molar-refractivity contribution in [2.24, 2.45) is 0 Å². The Morgan fingerprint density at radius 3 is 2.58 bits per heavy atom. The number of H-pyrrole nitrogens is 1. The lowest BCUT2D eigenvalue weighted by Gasteiger charge is -2.28.